The van der Waals surface area contributed by atoms with E-state index in [1.807, 2.05) is 49.2 Å². The Hall–Kier alpha value is -4.05. The minimum absolute atomic E-state index is 0.0771. The number of fused-ring (bicyclic) bond motifs is 1. The Morgan fingerprint density at radius 1 is 1.08 bits per heavy atom. The number of aromatic nitrogens is 4. The first-order valence-electron chi connectivity index (χ1n) is 11.9. The van der Waals surface area contributed by atoms with Crippen LogP contribution in [0.2, 0.25) is 0 Å². The van der Waals surface area contributed by atoms with E-state index in [0.717, 1.165) is 11.4 Å². The predicted octanol–water partition coefficient (Wildman–Crippen LogP) is 3.07. The second-order valence-corrected chi connectivity index (χ2v) is 9.04. The van der Waals surface area contributed by atoms with Gasteiger partial charge in [-0.15, -0.1) is 5.10 Å². The molecule has 1 fully saturated rings. The fourth-order valence-electron chi connectivity index (χ4n) is 4.63. The maximum absolute atomic E-state index is 15.1. The van der Waals surface area contributed by atoms with Crippen LogP contribution in [0.1, 0.15) is 28.5 Å². The quantitative estimate of drug-likeness (QED) is 0.444. The van der Waals surface area contributed by atoms with E-state index in [-0.39, 0.29) is 10.9 Å². The van der Waals surface area contributed by atoms with E-state index in [9.17, 15) is 14.7 Å². The first-order valence-corrected chi connectivity index (χ1v) is 11.9. The molecule has 0 amide bonds. The van der Waals surface area contributed by atoms with Gasteiger partial charge in [0.1, 0.15) is 11.4 Å². The summed E-state index contributed by atoms with van der Waals surface area (Å²) in [7, 11) is 0. The number of aryl methyl sites for hydroxylation is 2. The van der Waals surface area contributed by atoms with E-state index < -0.39 is 17.2 Å². The van der Waals surface area contributed by atoms with Gasteiger partial charge in [-0.3, -0.25) is 9.69 Å². The maximum atomic E-state index is 15.1. The van der Waals surface area contributed by atoms with E-state index in [0.29, 0.717) is 50.5 Å². The zero-order chi connectivity index (χ0) is 25.4. The van der Waals surface area contributed by atoms with Crippen molar-refractivity contribution in [2.75, 3.05) is 31.1 Å². The van der Waals surface area contributed by atoms with Crippen molar-refractivity contribution in [1.82, 2.24) is 24.5 Å². The highest BCUT2D eigenvalue weighted by Gasteiger charge is 2.23. The van der Waals surface area contributed by atoms with Gasteiger partial charge in [0, 0.05) is 50.9 Å². The van der Waals surface area contributed by atoms with Crippen LogP contribution in [0.4, 0.5) is 10.1 Å². The van der Waals surface area contributed by atoms with Gasteiger partial charge in [0.25, 0.3) is 0 Å². The van der Waals surface area contributed by atoms with E-state index in [4.69, 9.17) is 0 Å². The lowest BCUT2D eigenvalue weighted by atomic mass is 10.1. The lowest BCUT2D eigenvalue weighted by Gasteiger charge is -2.36. The number of carboxylic acids is 1. The molecular weight excluding hydrogens is 463 g/mol. The van der Waals surface area contributed by atoms with Crippen LogP contribution < -0.4 is 10.3 Å². The molecule has 186 valence electrons. The van der Waals surface area contributed by atoms with Crippen LogP contribution in [0, 0.1) is 12.7 Å². The summed E-state index contributed by atoms with van der Waals surface area (Å²) in [6.07, 6.45) is 3.26. The normalized spacial score (nSPS) is 14.5. The molecule has 2 aromatic carbocycles. The first-order chi connectivity index (χ1) is 17.3. The van der Waals surface area contributed by atoms with Crippen molar-refractivity contribution in [2.45, 2.75) is 26.9 Å². The zero-order valence-corrected chi connectivity index (χ0v) is 20.2. The number of rotatable bonds is 6. The van der Waals surface area contributed by atoms with Crippen LogP contribution in [0.15, 0.2) is 53.6 Å². The lowest BCUT2D eigenvalue weighted by Crippen LogP contribution is -2.46. The number of hydrogen-bond acceptors (Lipinski definition) is 6. The van der Waals surface area contributed by atoms with E-state index in [1.165, 1.54) is 17.8 Å². The molecular formula is C26H27FN6O3. The van der Waals surface area contributed by atoms with Crippen molar-refractivity contribution in [3.05, 3.63) is 81.7 Å². The summed E-state index contributed by atoms with van der Waals surface area (Å²) in [6.45, 7) is 7.65. The Kier molecular flexibility index (Phi) is 6.27. The van der Waals surface area contributed by atoms with Gasteiger partial charge in [0.15, 0.2) is 0 Å². The number of halogens is 1. The highest BCUT2D eigenvalue weighted by molar-refractivity contribution is 5.93. The fraction of sp³-hybridized carbons (Fsp3) is 0.308. The molecule has 0 radical (unpaired) electrons. The molecule has 2 aromatic heterocycles. The number of hydrogen-bond donors (Lipinski definition) is 1. The van der Waals surface area contributed by atoms with Gasteiger partial charge < -0.3 is 14.6 Å². The third-order valence-electron chi connectivity index (χ3n) is 6.66. The van der Waals surface area contributed by atoms with Gasteiger partial charge in [-0.1, -0.05) is 22.9 Å². The molecule has 9 nitrogen and oxygen atoms in total. The Morgan fingerprint density at radius 3 is 2.47 bits per heavy atom. The Morgan fingerprint density at radius 2 is 1.81 bits per heavy atom. The van der Waals surface area contributed by atoms with Crippen molar-refractivity contribution in [3.8, 4) is 5.69 Å². The lowest BCUT2D eigenvalue weighted by molar-refractivity contribution is 0.0695. The molecule has 0 atom stereocenters. The standard InChI is InChI=1S/C26H27FN6O3/c1-3-31-16-21(26(35)36)25(34)20-12-22(27)24(13-23(20)31)32-10-8-30(9-11-32)14-18-15-33(29-28-18)19-6-4-17(2)5-7-19/h4-7,12-13,15-16H,3,8-11,14H2,1-2H3,(H,35,36). The third kappa shape index (κ3) is 4.47. The SMILES string of the molecule is CCn1cc(C(=O)O)c(=O)c2cc(F)c(N3CCN(Cc4cn(-c5ccc(C)cc5)nn4)CC3)cc21. The molecule has 4 aromatic rings. The molecule has 1 saturated heterocycles. The molecule has 5 rings (SSSR count). The Labute approximate surface area is 207 Å². The zero-order valence-electron chi connectivity index (χ0n) is 20.2. The summed E-state index contributed by atoms with van der Waals surface area (Å²) in [5, 5.41) is 18.0. The van der Waals surface area contributed by atoms with Gasteiger partial charge >= 0.3 is 5.97 Å². The largest absolute Gasteiger partial charge is 0.477 e. The predicted molar refractivity (Wildman–Crippen MR) is 134 cm³/mol. The summed E-state index contributed by atoms with van der Waals surface area (Å²) >= 11 is 0. The number of anilines is 1. The van der Waals surface area contributed by atoms with Crippen LogP contribution in [-0.2, 0) is 13.1 Å². The second-order valence-electron chi connectivity index (χ2n) is 9.04. The van der Waals surface area contributed by atoms with Gasteiger partial charge in [-0.25, -0.2) is 13.9 Å². The van der Waals surface area contributed by atoms with Gasteiger partial charge in [0.2, 0.25) is 5.43 Å². The summed E-state index contributed by atoms with van der Waals surface area (Å²) in [6, 6.07) is 10.9. The van der Waals surface area contributed by atoms with Gasteiger partial charge in [-0.05, 0) is 38.1 Å². The highest BCUT2D eigenvalue weighted by atomic mass is 19.1. The van der Waals surface area contributed by atoms with Gasteiger partial charge in [-0.2, -0.15) is 0 Å². The molecule has 36 heavy (non-hydrogen) atoms. The molecule has 1 aliphatic heterocycles. The fourth-order valence-corrected chi connectivity index (χ4v) is 4.63. The molecule has 0 saturated carbocycles. The van der Waals surface area contributed by atoms with Gasteiger partial charge in [0.05, 0.1) is 28.8 Å². The van der Waals surface area contributed by atoms with Crippen LogP contribution in [-0.4, -0.2) is 61.7 Å². The average molecular weight is 491 g/mol. The highest BCUT2D eigenvalue weighted by Crippen LogP contribution is 2.26. The average Bonchev–Trinajstić information content (AvgIpc) is 3.33. The molecule has 0 unspecified atom stereocenters. The molecule has 0 bridgehead atoms. The number of carboxylic acid groups (broad SMARTS) is 1. The van der Waals surface area contributed by atoms with Crippen LogP contribution in [0.3, 0.4) is 0 Å². The molecule has 0 spiro atoms. The monoisotopic (exact) mass is 490 g/mol. The van der Waals surface area contributed by atoms with Crippen molar-refractivity contribution in [1.29, 1.82) is 0 Å². The second kappa shape index (κ2) is 9.54. The minimum Gasteiger partial charge on any atom is -0.477 e. The molecule has 0 aliphatic carbocycles. The van der Waals surface area contributed by atoms with E-state index >= 15 is 4.39 Å². The molecule has 1 N–H and O–H groups in total. The van der Waals surface area contributed by atoms with Crippen molar-refractivity contribution in [2.24, 2.45) is 0 Å². The van der Waals surface area contributed by atoms with Crippen molar-refractivity contribution >= 4 is 22.6 Å². The van der Waals surface area contributed by atoms with E-state index in [2.05, 4.69) is 15.2 Å². The topological polar surface area (TPSA) is 96.5 Å². The summed E-state index contributed by atoms with van der Waals surface area (Å²) in [4.78, 5) is 28.3. The van der Waals surface area contributed by atoms with Crippen molar-refractivity contribution in [3.63, 3.8) is 0 Å². The number of carbonyl (C=O) groups is 1. The molecule has 1 aliphatic rings. The third-order valence-corrected chi connectivity index (χ3v) is 6.66. The number of pyridine rings is 1. The summed E-state index contributed by atoms with van der Waals surface area (Å²) in [5.74, 6) is -1.84. The Bertz CT molecular complexity index is 1490. The van der Waals surface area contributed by atoms with Crippen LogP contribution >= 0.6 is 0 Å². The Balaban J connectivity index is 1.31. The summed E-state index contributed by atoms with van der Waals surface area (Å²) in [5.41, 5.74) is 2.92. The van der Waals surface area contributed by atoms with E-state index in [1.54, 1.807) is 15.3 Å². The molecule has 3 heterocycles. The maximum Gasteiger partial charge on any atom is 0.341 e. The first kappa shape index (κ1) is 23.7. The number of aromatic carboxylic acids is 1. The van der Waals surface area contributed by atoms with Crippen LogP contribution in [0.5, 0.6) is 0 Å². The number of benzene rings is 2. The molecule has 10 heteroatoms. The van der Waals surface area contributed by atoms with Crippen molar-refractivity contribution < 1.29 is 14.3 Å². The minimum atomic E-state index is -1.32. The van der Waals surface area contributed by atoms with Crippen LogP contribution in [0.25, 0.3) is 16.6 Å². The smallest absolute Gasteiger partial charge is 0.341 e. The number of nitrogens with zero attached hydrogens (tertiary/aromatic N) is 6. The number of piperazine rings is 1. The summed E-state index contributed by atoms with van der Waals surface area (Å²) < 4.78 is 18.6.